The molecule has 1 aromatic rings. The summed E-state index contributed by atoms with van der Waals surface area (Å²) in [5.74, 6) is 0.298. The van der Waals surface area contributed by atoms with Crippen LogP contribution in [0, 0.1) is 17.7 Å². The summed E-state index contributed by atoms with van der Waals surface area (Å²) < 4.78 is 1.96. The first-order valence-electron chi connectivity index (χ1n) is 4.92. The van der Waals surface area contributed by atoms with Gasteiger partial charge in [-0.3, -0.25) is 10.1 Å². The van der Waals surface area contributed by atoms with Crippen molar-refractivity contribution in [2.45, 2.75) is 32.7 Å². The molecule has 0 radical (unpaired) electrons. The second kappa shape index (κ2) is 3.12. The molecule has 0 bridgehead atoms. The van der Waals surface area contributed by atoms with Gasteiger partial charge in [0.25, 0.3) is 0 Å². The smallest absolute Gasteiger partial charge is 0.0911 e. The van der Waals surface area contributed by atoms with E-state index in [2.05, 4.69) is 5.10 Å². The summed E-state index contributed by atoms with van der Waals surface area (Å²) in [6.07, 6.45) is 6.97. The van der Waals surface area contributed by atoms with Gasteiger partial charge in [0.2, 0.25) is 0 Å². The number of hydrogen-bond acceptors (Lipinski definition) is 2. The lowest BCUT2D eigenvalue weighted by molar-refractivity contribution is 0.408. The number of aromatic nitrogens is 2. The monoisotopic (exact) mass is 192 g/mol. The summed E-state index contributed by atoms with van der Waals surface area (Å²) in [5, 5.41) is 11.6. The highest BCUT2D eigenvalue weighted by Gasteiger charge is 2.43. The molecule has 0 unspecified atom stereocenters. The molecule has 4 heteroatoms. The van der Waals surface area contributed by atoms with Gasteiger partial charge >= 0.3 is 0 Å². The summed E-state index contributed by atoms with van der Waals surface area (Å²) in [6, 6.07) is 0. The maximum atomic E-state index is 7.31. The van der Waals surface area contributed by atoms with Crippen LogP contribution in [0.15, 0.2) is 12.4 Å². The average molecular weight is 192 g/mol. The highest BCUT2D eigenvalue weighted by Crippen LogP contribution is 2.49. The van der Waals surface area contributed by atoms with Crippen LogP contribution in [0.2, 0.25) is 0 Å². The Morgan fingerprint density at radius 2 is 2.43 bits per heavy atom. The number of amidine groups is 1. The van der Waals surface area contributed by atoms with Crippen molar-refractivity contribution in [3.05, 3.63) is 18.0 Å². The van der Waals surface area contributed by atoms with Crippen LogP contribution < -0.4 is 5.73 Å². The van der Waals surface area contributed by atoms with E-state index in [0.29, 0.717) is 12.3 Å². The SMILES string of the molecule is Cc1cnn(CC2(CC(=N)N)CC2)c1. The molecule has 0 saturated heterocycles. The van der Waals surface area contributed by atoms with Crippen LogP contribution in [0.5, 0.6) is 0 Å². The van der Waals surface area contributed by atoms with Gasteiger partial charge in [-0.2, -0.15) is 5.10 Å². The van der Waals surface area contributed by atoms with Crippen LogP contribution in [0.3, 0.4) is 0 Å². The molecule has 1 saturated carbocycles. The van der Waals surface area contributed by atoms with Crippen molar-refractivity contribution in [1.82, 2.24) is 9.78 Å². The molecule has 0 atom stereocenters. The van der Waals surface area contributed by atoms with Crippen LogP contribution in [0.1, 0.15) is 24.8 Å². The molecule has 4 nitrogen and oxygen atoms in total. The van der Waals surface area contributed by atoms with E-state index in [4.69, 9.17) is 11.1 Å². The van der Waals surface area contributed by atoms with Crippen LogP contribution in [-0.2, 0) is 6.54 Å². The lowest BCUT2D eigenvalue weighted by Gasteiger charge is -2.13. The highest BCUT2D eigenvalue weighted by molar-refractivity contribution is 5.78. The predicted molar refractivity (Wildman–Crippen MR) is 55.2 cm³/mol. The van der Waals surface area contributed by atoms with E-state index in [1.165, 1.54) is 18.4 Å². The zero-order valence-corrected chi connectivity index (χ0v) is 8.45. The molecule has 0 spiro atoms. The van der Waals surface area contributed by atoms with Crippen LogP contribution >= 0.6 is 0 Å². The quantitative estimate of drug-likeness (QED) is 0.557. The van der Waals surface area contributed by atoms with Crippen molar-refractivity contribution in [2.24, 2.45) is 11.1 Å². The summed E-state index contributed by atoms with van der Waals surface area (Å²) in [5.41, 5.74) is 6.86. The number of nitrogens with one attached hydrogen (secondary N) is 1. The molecule has 1 aliphatic carbocycles. The second-order valence-electron chi connectivity index (χ2n) is 4.42. The van der Waals surface area contributed by atoms with Gasteiger partial charge in [0, 0.05) is 19.2 Å². The number of aryl methyl sites for hydroxylation is 1. The molecule has 3 N–H and O–H groups in total. The van der Waals surface area contributed by atoms with Crippen molar-refractivity contribution < 1.29 is 0 Å². The summed E-state index contributed by atoms with van der Waals surface area (Å²) in [7, 11) is 0. The maximum absolute atomic E-state index is 7.31. The molecule has 1 aromatic heterocycles. The van der Waals surface area contributed by atoms with Gasteiger partial charge in [0.15, 0.2) is 0 Å². The molecule has 1 aliphatic rings. The first-order chi connectivity index (χ1) is 6.60. The molecule has 2 rings (SSSR count). The predicted octanol–water partition coefficient (Wildman–Crippen LogP) is 1.30. The second-order valence-corrected chi connectivity index (χ2v) is 4.42. The highest BCUT2D eigenvalue weighted by atomic mass is 15.3. The van der Waals surface area contributed by atoms with Gasteiger partial charge in [-0.1, -0.05) is 0 Å². The first kappa shape index (κ1) is 9.24. The van der Waals surface area contributed by atoms with E-state index in [9.17, 15) is 0 Å². The Bertz CT molecular complexity index is 349. The molecule has 76 valence electrons. The largest absolute Gasteiger partial charge is 0.388 e. The van der Waals surface area contributed by atoms with Gasteiger partial charge in [-0.15, -0.1) is 0 Å². The molecular formula is C10H16N4. The third-order valence-corrected chi connectivity index (χ3v) is 2.78. The lowest BCUT2D eigenvalue weighted by Crippen LogP contribution is -2.20. The molecule has 14 heavy (non-hydrogen) atoms. The van der Waals surface area contributed by atoms with Crippen molar-refractivity contribution in [1.29, 1.82) is 5.41 Å². The summed E-state index contributed by atoms with van der Waals surface area (Å²) >= 11 is 0. The third kappa shape index (κ3) is 1.95. The van der Waals surface area contributed by atoms with Crippen molar-refractivity contribution in [3.63, 3.8) is 0 Å². The van der Waals surface area contributed by atoms with Gasteiger partial charge < -0.3 is 5.73 Å². The van der Waals surface area contributed by atoms with Crippen molar-refractivity contribution in [2.75, 3.05) is 0 Å². The molecule has 0 aliphatic heterocycles. The molecule has 1 heterocycles. The van der Waals surface area contributed by atoms with Gasteiger partial charge in [0.1, 0.15) is 0 Å². The number of hydrogen-bond donors (Lipinski definition) is 2. The van der Waals surface area contributed by atoms with Gasteiger partial charge in [-0.25, -0.2) is 0 Å². The lowest BCUT2D eigenvalue weighted by atomic mass is 10.0. The minimum Gasteiger partial charge on any atom is -0.388 e. The Morgan fingerprint density at radius 3 is 2.86 bits per heavy atom. The van der Waals surface area contributed by atoms with E-state index >= 15 is 0 Å². The molecule has 0 aromatic carbocycles. The summed E-state index contributed by atoms with van der Waals surface area (Å²) in [4.78, 5) is 0. The first-order valence-corrected chi connectivity index (χ1v) is 4.92. The Balaban J connectivity index is 2.00. The normalized spacial score (nSPS) is 18.1. The number of nitrogens with zero attached hydrogens (tertiary/aromatic N) is 2. The van der Waals surface area contributed by atoms with E-state index < -0.39 is 0 Å². The van der Waals surface area contributed by atoms with E-state index in [-0.39, 0.29) is 5.41 Å². The Labute approximate surface area is 83.6 Å². The van der Waals surface area contributed by atoms with E-state index in [1.807, 2.05) is 24.0 Å². The molecule has 0 amide bonds. The minimum atomic E-state index is 0.240. The Hall–Kier alpha value is -1.32. The maximum Gasteiger partial charge on any atom is 0.0911 e. The Morgan fingerprint density at radius 1 is 1.71 bits per heavy atom. The fourth-order valence-electron chi connectivity index (χ4n) is 1.87. The zero-order valence-electron chi connectivity index (χ0n) is 8.45. The van der Waals surface area contributed by atoms with E-state index in [0.717, 1.165) is 6.54 Å². The molecular weight excluding hydrogens is 176 g/mol. The minimum absolute atomic E-state index is 0.240. The number of rotatable bonds is 4. The van der Waals surface area contributed by atoms with Crippen LogP contribution in [0.25, 0.3) is 0 Å². The van der Waals surface area contributed by atoms with Crippen molar-refractivity contribution in [3.8, 4) is 0 Å². The topological polar surface area (TPSA) is 67.7 Å². The van der Waals surface area contributed by atoms with Crippen LogP contribution in [-0.4, -0.2) is 15.6 Å². The molecule has 1 fully saturated rings. The Kier molecular flexibility index (Phi) is 2.06. The fraction of sp³-hybridized carbons (Fsp3) is 0.600. The zero-order chi connectivity index (χ0) is 10.2. The van der Waals surface area contributed by atoms with Gasteiger partial charge in [-0.05, 0) is 30.7 Å². The van der Waals surface area contributed by atoms with Crippen molar-refractivity contribution >= 4 is 5.84 Å². The average Bonchev–Trinajstić information content (AvgIpc) is 2.67. The van der Waals surface area contributed by atoms with E-state index in [1.54, 1.807) is 0 Å². The fourth-order valence-corrected chi connectivity index (χ4v) is 1.87. The number of nitrogens with two attached hydrogens (primary N) is 1. The third-order valence-electron chi connectivity index (χ3n) is 2.78. The van der Waals surface area contributed by atoms with Crippen LogP contribution in [0.4, 0.5) is 0 Å². The van der Waals surface area contributed by atoms with Gasteiger partial charge in [0.05, 0.1) is 12.0 Å². The standard InChI is InChI=1S/C10H16N4/c1-8-5-13-14(6-8)7-10(2-3-10)4-9(11)12/h5-6H,2-4,7H2,1H3,(H3,11,12). The summed E-state index contributed by atoms with van der Waals surface area (Å²) in [6.45, 7) is 2.94.